The molecule has 0 heterocycles. The molecule has 0 N–H and O–H groups in total. The van der Waals surface area contributed by atoms with Gasteiger partial charge in [0, 0.05) is 23.0 Å². The molecule has 0 aromatic heterocycles. The molecule has 0 aliphatic carbocycles. The van der Waals surface area contributed by atoms with E-state index in [0.717, 1.165) is 12.0 Å². The lowest BCUT2D eigenvalue weighted by molar-refractivity contribution is -0.263. The lowest BCUT2D eigenvalue weighted by atomic mass is 10.0. The van der Waals surface area contributed by atoms with Gasteiger partial charge < -0.3 is 12.8 Å². The molecule has 0 unspecified atom stereocenters. The van der Waals surface area contributed by atoms with Crippen molar-refractivity contribution in [1.29, 1.82) is 0 Å². The Balaban J connectivity index is 2.31. The van der Waals surface area contributed by atoms with Crippen molar-refractivity contribution >= 4 is 18.5 Å². The molecule has 0 aliphatic rings. The summed E-state index contributed by atoms with van der Waals surface area (Å²) in [5.74, 6) is 0. The molecule has 0 radical (unpaired) electrons. The summed E-state index contributed by atoms with van der Waals surface area (Å²) in [5, 5.41) is 0. The molecule has 2 aromatic rings. The van der Waals surface area contributed by atoms with Crippen LogP contribution in [0.15, 0.2) is 54.6 Å². The van der Waals surface area contributed by atoms with Crippen molar-refractivity contribution in [2.75, 3.05) is 0 Å². The largest absolute Gasteiger partial charge is 0.364 e. The van der Waals surface area contributed by atoms with E-state index in [1.54, 1.807) is 6.07 Å². The minimum Gasteiger partial charge on any atom is -0.364 e. The van der Waals surface area contributed by atoms with E-state index in [1.807, 2.05) is 48.5 Å². The summed E-state index contributed by atoms with van der Waals surface area (Å²) in [5.41, 5.74) is 2.69. The van der Waals surface area contributed by atoms with Crippen molar-refractivity contribution in [2.45, 2.75) is 6.42 Å². The lowest BCUT2D eigenvalue weighted by Gasteiger charge is -2.04. The Bertz CT molecular complexity index is 496. The van der Waals surface area contributed by atoms with Crippen LogP contribution in [-0.4, -0.2) is 4.17 Å². The molecule has 2 rings (SSSR count). The molecule has 0 aliphatic heterocycles. The number of para-hydroxylation sites is 1. The molecular formula is C13H11NOS. The Morgan fingerprint density at radius 3 is 2.25 bits per heavy atom. The Hall–Kier alpha value is -1.74. The van der Waals surface area contributed by atoms with E-state index in [2.05, 4.69) is 12.8 Å². The predicted octanol–water partition coefficient (Wildman–Crippen LogP) is 3.15. The minimum absolute atomic E-state index is 0.498. The topological polar surface area (TPSA) is 20.1 Å². The zero-order valence-corrected chi connectivity index (χ0v) is 9.48. The summed E-state index contributed by atoms with van der Waals surface area (Å²) < 4.78 is 0.498. The first-order valence-electron chi connectivity index (χ1n) is 5.03. The van der Waals surface area contributed by atoms with Crippen molar-refractivity contribution in [3.05, 3.63) is 70.6 Å². The van der Waals surface area contributed by atoms with Gasteiger partial charge in [0.05, 0.1) is 0 Å². The van der Waals surface area contributed by atoms with Crippen LogP contribution in [0.2, 0.25) is 0 Å². The summed E-state index contributed by atoms with van der Waals surface area (Å²) in [6.45, 7) is 0. The smallest absolute Gasteiger partial charge is 0.241 e. The number of hydrogen-bond donors (Lipinski definition) is 0. The fraction of sp³-hybridized carbons (Fsp3) is 0.0769. The maximum atomic E-state index is 11.2. The SMILES string of the molecule is O=[N+]([S-])c1ccccc1Cc1ccccc1. The number of benzene rings is 2. The van der Waals surface area contributed by atoms with E-state index in [9.17, 15) is 4.91 Å². The summed E-state index contributed by atoms with van der Waals surface area (Å²) in [6.07, 6.45) is 0.729. The van der Waals surface area contributed by atoms with Gasteiger partial charge in [-0.3, -0.25) is 0 Å². The highest BCUT2D eigenvalue weighted by Crippen LogP contribution is 2.20. The Morgan fingerprint density at radius 2 is 1.56 bits per heavy atom. The normalized spacial score (nSPS) is 10.0. The molecule has 80 valence electrons. The molecule has 0 fully saturated rings. The zero-order chi connectivity index (χ0) is 11.4. The second-order valence-electron chi connectivity index (χ2n) is 3.55. The number of rotatable bonds is 3. The summed E-state index contributed by atoms with van der Waals surface area (Å²) in [6, 6.07) is 17.4. The fourth-order valence-corrected chi connectivity index (χ4v) is 1.83. The van der Waals surface area contributed by atoms with Crippen LogP contribution in [0.1, 0.15) is 11.1 Å². The van der Waals surface area contributed by atoms with Crippen molar-refractivity contribution < 1.29 is 4.17 Å². The second-order valence-corrected chi connectivity index (χ2v) is 3.88. The summed E-state index contributed by atoms with van der Waals surface area (Å²) in [4.78, 5) is 11.2. The lowest BCUT2D eigenvalue weighted by Crippen LogP contribution is -1.96. The number of nitrogens with zero attached hydrogens (tertiary/aromatic N) is 1. The second kappa shape index (κ2) is 4.86. The summed E-state index contributed by atoms with van der Waals surface area (Å²) >= 11 is 4.63. The number of nitroso groups, excluding NO2 is 1. The Kier molecular flexibility index (Phi) is 3.27. The minimum atomic E-state index is 0.498. The molecule has 0 saturated heterocycles. The first-order valence-corrected chi connectivity index (χ1v) is 5.40. The van der Waals surface area contributed by atoms with Crippen LogP contribution in [0.25, 0.3) is 0 Å². The molecule has 0 amide bonds. The standard InChI is InChI=1S/C13H11NOS/c15-14(16)13-9-5-4-8-12(13)10-11-6-2-1-3-7-11/h1-9H,10H2. The third-order valence-electron chi connectivity index (χ3n) is 2.43. The van der Waals surface area contributed by atoms with Crippen molar-refractivity contribution in [3.63, 3.8) is 0 Å². The van der Waals surface area contributed by atoms with Crippen LogP contribution < -0.4 is 0 Å². The van der Waals surface area contributed by atoms with Crippen LogP contribution in [0.5, 0.6) is 0 Å². The van der Waals surface area contributed by atoms with Crippen molar-refractivity contribution in [1.82, 2.24) is 0 Å². The Morgan fingerprint density at radius 1 is 0.938 bits per heavy atom. The van der Waals surface area contributed by atoms with Gasteiger partial charge in [0.15, 0.2) is 0 Å². The summed E-state index contributed by atoms with van der Waals surface area (Å²) in [7, 11) is 0. The van der Waals surface area contributed by atoms with Crippen LogP contribution >= 0.6 is 0 Å². The van der Waals surface area contributed by atoms with Crippen molar-refractivity contribution in [3.8, 4) is 0 Å². The van der Waals surface area contributed by atoms with E-state index < -0.39 is 0 Å². The van der Waals surface area contributed by atoms with Crippen LogP contribution in [-0.2, 0) is 19.2 Å². The molecule has 3 heteroatoms. The first kappa shape index (κ1) is 10.8. The first-order chi connectivity index (χ1) is 7.77. The highest BCUT2D eigenvalue weighted by atomic mass is 32.1. The van der Waals surface area contributed by atoms with Gasteiger partial charge in [0.25, 0.3) is 0 Å². The third-order valence-corrected chi connectivity index (χ3v) is 2.62. The van der Waals surface area contributed by atoms with Gasteiger partial charge in [-0.1, -0.05) is 52.7 Å². The molecule has 16 heavy (non-hydrogen) atoms. The molecule has 0 saturated carbocycles. The quantitative estimate of drug-likeness (QED) is 0.595. The molecule has 0 atom stereocenters. The average molecular weight is 229 g/mol. The zero-order valence-electron chi connectivity index (χ0n) is 8.67. The molecular weight excluding hydrogens is 218 g/mol. The molecule has 0 spiro atoms. The molecule has 2 nitrogen and oxygen atoms in total. The van der Waals surface area contributed by atoms with Gasteiger partial charge in [-0.05, 0) is 5.56 Å². The van der Waals surface area contributed by atoms with Gasteiger partial charge >= 0.3 is 0 Å². The van der Waals surface area contributed by atoms with E-state index in [4.69, 9.17) is 0 Å². The fourth-order valence-electron chi connectivity index (χ4n) is 1.65. The van der Waals surface area contributed by atoms with Crippen LogP contribution in [0.3, 0.4) is 0 Å². The van der Waals surface area contributed by atoms with Gasteiger partial charge in [-0.15, -0.1) is 0 Å². The third kappa shape index (κ3) is 2.44. The highest BCUT2D eigenvalue weighted by Gasteiger charge is 2.09. The maximum absolute atomic E-state index is 11.2. The molecule has 2 aromatic carbocycles. The van der Waals surface area contributed by atoms with Crippen LogP contribution in [0.4, 0.5) is 5.69 Å². The van der Waals surface area contributed by atoms with Crippen LogP contribution in [0, 0.1) is 4.91 Å². The van der Waals surface area contributed by atoms with E-state index in [-0.39, 0.29) is 0 Å². The average Bonchev–Trinajstić information content (AvgIpc) is 2.31. The van der Waals surface area contributed by atoms with Crippen molar-refractivity contribution in [2.24, 2.45) is 0 Å². The monoisotopic (exact) mass is 229 g/mol. The van der Waals surface area contributed by atoms with Gasteiger partial charge in [-0.2, -0.15) is 0 Å². The van der Waals surface area contributed by atoms with E-state index in [1.165, 1.54) is 5.56 Å². The highest BCUT2D eigenvalue weighted by molar-refractivity contribution is 7.51. The Labute approximate surface area is 100 Å². The predicted molar refractivity (Wildman–Crippen MR) is 66.3 cm³/mol. The maximum Gasteiger partial charge on any atom is 0.241 e. The molecule has 0 bridgehead atoms. The number of hydrogen-bond acceptors (Lipinski definition) is 2. The van der Waals surface area contributed by atoms with Gasteiger partial charge in [-0.25, -0.2) is 0 Å². The van der Waals surface area contributed by atoms with E-state index >= 15 is 0 Å². The van der Waals surface area contributed by atoms with E-state index in [0.29, 0.717) is 9.85 Å². The van der Waals surface area contributed by atoms with Gasteiger partial charge in [0.2, 0.25) is 5.69 Å². The van der Waals surface area contributed by atoms with Gasteiger partial charge in [0.1, 0.15) is 0 Å².